The van der Waals surface area contributed by atoms with Gasteiger partial charge < -0.3 is 4.74 Å². The lowest BCUT2D eigenvalue weighted by molar-refractivity contribution is -0.148. The largest absolute Gasteiger partial charge is 0.469 e. The molecular weight excluding hydrogens is 372 g/mol. The highest BCUT2D eigenvalue weighted by Crippen LogP contribution is 2.31. The van der Waals surface area contributed by atoms with Gasteiger partial charge in [0, 0.05) is 23.5 Å². The normalized spacial score (nSPS) is 12.1. The summed E-state index contributed by atoms with van der Waals surface area (Å²) in [5.41, 5.74) is 0.903. The van der Waals surface area contributed by atoms with Gasteiger partial charge in [-0.1, -0.05) is 6.92 Å². The van der Waals surface area contributed by atoms with Crippen molar-refractivity contribution in [1.82, 2.24) is 19.4 Å². The SMILES string of the molecule is CCSc1cccnc1-c1ncc2c(OCC(F)(F)C(F)F)nccn12. The van der Waals surface area contributed by atoms with Crippen LogP contribution in [0.4, 0.5) is 17.6 Å². The number of nitrogens with zero attached hydrogens (tertiary/aromatic N) is 4. The summed E-state index contributed by atoms with van der Waals surface area (Å²) < 4.78 is 57.2. The van der Waals surface area contributed by atoms with Crippen LogP contribution in [0, 0.1) is 0 Å². The van der Waals surface area contributed by atoms with Gasteiger partial charge in [0.2, 0.25) is 5.88 Å². The van der Waals surface area contributed by atoms with E-state index in [1.165, 1.54) is 12.4 Å². The summed E-state index contributed by atoms with van der Waals surface area (Å²) in [6.07, 6.45) is 2.09. The maximum atomic E-state index is 13.1. The number of aromatic nitrogens is 4. The van der Waals surface area contributed by atoms with Crippen molar-refractivity contribution < 1.29 is 22.3 Å². The quantitative estimate of drug-likeness (QED) is 0.450. The molecule has 138 valence electrons. The number of halogens is 4. The Morgan fingerprint density at radius 1 is 1.23 bits per heavy atom. The van der Waals surface area contributed by atoms with E-state index < -0.39 is 19.0 Å². The lowest BCUT2D eigenvalue weighted by Gasteiger charge is -2.15. The molecule has 0 amide bonds. The Morgan fingerprint density at radius 2 is 2.04 bits per heavy atom. The van der Waals surface area contributed by atoms with Gasteiger partial charge in [-0.25, -0.2) is 18.7 Å². The van der Waals surface area contributed by atoms with Crippen LogP contribution in [0.25, 0.3) is 17.0 Å². The number of ether oxygens (including phenoxy) is 1. The Hall–Kier alpha value is -2.36. The highest BCUT2D eigenvalue weighted by Gasteiger charge is 2.42. The fourth-order valence-corrected chi connectivity index (χ4v) is 3.01. The molecule has 0 saturated heterocycles. The molecule has 0 aromatic carbocycles. The minimum atomic E-state index is -4.26. The molecule has 0 aliphatic rings. The Kier molecular flexibility index (Phi) is 5.30. The van der Waals surface area contributed by atoms with Gasteiger partial charge in [0.1, 0.15) is 11.2 Å². The zero-order valence-electron chi connectivity index (χ0n) is 13.6. The van der Waals surface area contributed by atoms with Crippen molar-refractivity contribution in [2.45, 2.75) is 24.2 Å². The van der Waals surface area contributed by atoms with Crippen LogP contribution in [0.5, 0.6) is 5.88 Å². The van der Waals surface area contributed by atoms with Crippen LogP contribution < -0.4 is 4.74 Å². The van der Waals surface area contributed by atoms with Crippen LogP contribution in [0.3, 0.4) is 0 Å². The van der Waals surface area contributed by atoms with Crippen molar-refractivity contribution in [3.05, 3.63) is 36.9 Å². The van der Waals surface area contributed by atoms with Crippen molar-refractivity contribution >= 4 is 17.3 Å². The molecule has 26 heavy (non-hydrogen) atoms. The van der Waals surface area contributed by atoms with Crippen LogP contribution in [0.2, 0.25) is 0 Å². The van der Waals surface area contributed by atoms with Crippen LogP contribution in [-0.2, 0) is 0 Å². The Bertz CT molecular complexity index is 903. The van der Waals surface area contributed by atoms with E-state index in [0.29, 0.717) is 11.5 Å². The number of fused-ring (bicyclic) bond motifs is 1. The van der Waals surface area contributed by atoms with E-state index in [0.717, 1.165) is 10.6 Å². The monoisotopic (exact) mass is 386 g/mol. The number of hydrogen-bond acceptors (Lipinski definition) is 5. The fraction of sp³-hybridized carbons (Fsp3) is 0.312. The molecule has 0 aliphatic carbocycles. The van der Waals surface area contributed by atoms with E-state index in [4.69, 9.17) is 4.74 Å². The molecule has 0 unspecified atom stereocenters. The fourth-order valence-electron chi connectivity index (χ4n) is 2.25. The first-order chi connectivity index (χ1) is 12.4. The topological polar surface area (TPSA) is 52.3 Å². The second-order valence-corrected chi connectivity index (χ2v) is 6.51. The number of hydrogen-bond donors (Lipinski definition) is 0. The summed E-state index contributed by atoms with van der Waals surface area (Å²) in [7, 11) is 0. The maximum absolute atomic E-state index is 13.1. The Morgan fingerprint density at radius 3 is 2.77 bits per heavy atom. The molecule has 10 heteroatoms. The molecule has 0 radical (unpaired) electrons. The van der Waals surface area contributed by atoms with Gasteiger partial charge in [0.05, 0.1) is 6.20 Å². The van der Waals surface area contributed by atoms with Gasteiger partial charge in [0.25, 0.3) is 0 Å². The molecule has 3 aromatic rings. The van der Waals surface area contributed by atoms with Gasteiger partial charge >= 0.3 is 12.3 Å². The number of imidazole rings is 1. The summed E-state index contributed by atoms with van der Waals surface area (Å²) in [5, 5.41) is 0. The van der Waals surface area contributed by atoms with E-state index in [1.54, 1.807) is 34.6 Å². The molecule has 5 nitrogen and oxygen atoms in total. The summed E-state index contributed by atoms with van der Waals surface area (Å²) in [4.78, 5) is 13.4. The second-order valence-electron chi connectivity index (χ2n) is 5.20. The summed E-state index contributed by atoms with van der Waals surface area (Å²) in [6.45, 7) is 0.530. The average Bonchev–Trinajstić information content (AvgIpc) is 3.05. The van der Waals surface area contributed by atoms with Crippen LogP contribution in [0.15, 0.2) is 41.8 Å². The third-order valence-electron chi connectivity index (χ3n) is 3.43. The van der Waals surface area contributed by atoms with E-state index in [2.05, 4.69) is 15.0 Å². The van der Waals surface area contributed by atoms with Crippen LogP contribution in [-0.4, -0.2) is 44.1 Å². The second kappa shape index (κ2) is 7.48. The zero-order chi connectivity index (χ0) is 18.7. The molecule has 0 fully saturated rings. The van der Waals surface area contributed by atoms with E-state index in [1.807, 2.05) is 13.0 Å². The smallest absolute Gasteiger partial charge is 0.340 e. The molecule has 3 aromatic heterocycles. The predicted molar refractivity (Wildman–Crippen MR) is 89.1 cm³/mol. The summed E-state index contributed by atoms with van der Waals surface area (Å²) in [6, 6.07) is 3.71. The molecule has 0 spiro atoms. The number of rotatable bonds is 7. The molecule has 0 aliphatic heterocycles. The van der Waals surface area contributed by atoms with Crippen molar-refractivity contribution in [2.24, 2.45) is 0 Å². The standard InChI is InChI=1S/C16H14F4N4OS/c1-2-26-11-4-3-5-21-12(11)13-23-8-10-14(22-6-7-24(10)13)25-9-16(19,20)15(17)18/h3-8,15H,2,9H2,1H3. The van der Waals surface area contributed by atoms with Gasteiger partial charge in [0.15, 0.2) is 12.4 Å². The van der Waals surface area contributed by atoms with Crippen molar-refractivity contribution in [3.63, 3.8) is 0 Å². The zero-order valence-corrected chi connectivity index (χ0v) is 14.4. The first-order valence-corrected chi connectivity index (χ1v) is 8.61. The first-order valence-electron chi connectivity index (χ1n) is 7.63. The highest BCUT2D eigenvalue weighted by molar-refractivity contribution is 7.99. The highest BCUT2D eigenvalue weighted by atomic mass is 32.2. The third-order valence-corrected chi connectivity index (χ3v) is 4.36. The lowest BCUT2D eigenvalue weighted by atomic mass is 10.3. The molecule has 0 N–H and O–H groups in total. The summed E-state index contributed by atoms with van der Waals surface area (Å²) >= 11 is 1.58. The van der Waals surface area contributed by atoms with Gasteiger partial charge in [-0.3, -0.25) is 9.38 Å². The van der Waals surface area contributed by atoms with E-state index in [-0.39, 0.29) is 11.4 Å². The molecule has 0 bridgehead atoms. The Labute approximate surface area is 150 Å². The third kappa shape index (κ3) is 3.59. The summed E-state index contributed by atoms with van der Waals surface area (Å²) in [5.74, 6) is -3.15. The number of thioether (sulfide) groups is 1. The molecule has 3 heterocycles. The molecular formula is C16H14F4N4OS. The van der Waals surface area contributed by atoms with Gasteiger partial charge in [-0.2, -0.15) is 8.78 Å². The van der Waals surface area contributed by atoms with Gasteiger partial charge in [-0.15, -0.1) is 11.8 Å². The van der Waals surface area contributed by atoms with E-state index in [9.17, 15) is 17.6 Å². The van der Waals surface area contributed by atoms with Crippen molar-refractivity contribution in [2.75, 3.05) is 12.4 Å². The predicted octanol–water partition coefficient (Wildman–Crippen LogP) is 4.18. The van der Waals surface area contributed by atoms with Crippen molar-refractivity contribution in [3.8, 4) is 17.4 Å². The van der Waals surface area contributed by atoms with Crippen LogP contribution in [0.1, 0.15) is 6.92 Å². The maximum Gasteiger partial charge on any atom is 0.340 e. The van der Waals surface area contributed by atoms with E-state index >= 15 is 0 Å². The minimum absolute atomic E-state index is 0.202. The lowest BCUT2D eigenvalue weighted by Crippen LogP contribution is -2.34. The minimum Gasteiger partial charge on any atom is -0.469 e. The molecule has 0 saturated carbocycles. The number of alkyl halides is 4. The first kappa shape index (κ1) is 18.4. The Balaban J connectivity index is 1.97. The van der Waals surface area contributed by atoms with Gasteiger partial charge in [-0.05, 0) is 17.9 Å². The van der Waals surface area contributed by atoms with Crippen molar-refractivity contribution in [1.29, 1.82) is 0 Å². The number of pyridine rings is 1. The molecule has 3 rings (SSSR count). The van der Waals surface area contributed by atoms with Crippen LogP contribution >= 0.6 is 11.8 Å². The molecule has 0 atom stereocenters. The average molecular weight is 386 g/mol.